The fourth-order valence-corrected chi connectivity index (χ4v) is 2.83. The van der Waals surface area contributed by atoms with Crippen LogP contribution in [0, 0.1) is 0 Å². The molecule has 0 atom stereocenters. The summed E-state index contributed by atoms with van der Waals surface area (Å²) in [5.41, 5.74) is 3.06. The molecule has 4 nitrogen and oxygen atoms in total. The molecule has 0 aliphatic rings. The first-order valence-corrected chi connectivity index (χ1v) is 9.18. The molecule has 0 fully saturated rings. The zero-order valence-electron chi connectivity index (χ0n) is 16.0. The molecule has 0 radical (unpaired) electrons. The maximum atomic E-state index is 12.2. The van der Waals surface area contributed by atoms with Crippen LogP contribution < -0.4 is 10.1 Å². The van der Waals surface area contributed by atoms with E-state index >= 15 is 0 Å². The van der Waals surface area contributed by atoms with E-state index in [4.69, 9.17) is 9.15 Å². The lowest BCUT2D eigenvalue weighted by Crippen LogP contribution is -2.12. The lowest BCUT2D eigenvalue weighted by Gasteiger charge is -2.08. The summed E-state index contributed by atoms with van der Waals surface area (Å²) < 4.78 is 11.0. The van der Waals surface area contributed by atoms with E-state index in [1.165, 1.54) is 5.56 Å². The third-order valence-corrected chi connectivity index (χ3v) is 4.50. The molecule has 0 saturated carbocycles. The second-order valence-electron chi connectivity index (χ2n) is 6.82. The Hall–Kier alpha value is -3.01. The second-order valence-corrected chi connectivity index (χ2v) is 6.82. The molecule has 3 aromatic rings. The zero-order chi connectivity index (χ0) is 19.2. The van der Waals surface area contributed by atoms with Gasteiger partial charge in [-0.1, -0.05) is 26.0 Å². The van der Waals surface area contributed by atoms with Gasteiger partial charge in [0.25, 0.3) is 0 Å². The van der Waals surface area contributed by atoms with Gasteiger partial charge in [0.1, 0.15) is 17.3 Å². The number of hydrogen-bond donors (Lipinski definition) is 1. The predicted molar refractivity (Wildman–Crippen MR) is 108 cm³/mol. The summed E-state index contributed by atoms with van der Waals surface area (Å²) in [5.74, 6) is 2.86. The molecule has 27 heavy (non-hydrogen) atoms. The van der Waals surface area contributed by atoms with E-state index in [2.05, 4.69) is 19.2 Å². The largest absolute Gasteiger partial charge is 0.497 e. The number of aryl methyl sites for hydroxylation is 1. The molecule has 0 aliphatic heterocycles. The Balaban J connectivity index is 1.53. The molecule has 0 bridgehead atoms. The number of ether oxygens (including phenoxy) is 1. The van der Waals surface area contributed by atoms with Crippen LogP contribution in [0.1, 0.15) is 37.5 Å². The number of benzene rings is 2. The fraction of sp³-hybridized carbons (Fsp3) is 0.261. The van der Waals surface area contributed by atoms with Crippen molar-refractivity contribution in [3.63, 3.8) is 0 Å². The van der Waals surface area contributed by atoms with Crippen molar-refractivity contribution in [2.75, 3.05) is 12.4 Å². The normalized spacial score (nSPS) is 10.8. The maximum Gasteiger partial charge on any atom is 0.224 e. The van der Waals surface area contributed by atoms with E-state index in [1.807, 2.05) is 60.7 Å². The molecular weight excluding hydrogens is 338 g/mol. The molecule has 0 aliphatic carbocycles. The van der Waals surface area contributed by atoms with Crippen molar-refractivity contribution in [2.24, 2.45) is 0 Å². The van der Waals surface area contributed by atoms with E-state index in [0.29, 0.717) is 18.8 Å². The molecule has 1 aromatic heterocycles. The van der Waals surface area contributed by atoms with Crippen LogP contribution in [0.5, 0.6) is 5.75 Å². The van der Waals surface area contributed by atoms with Gasteiger partial charge in [-0.2, -0.15) is 0 Å². The van der Waals surface area contributed by atoms with Gasteiger partial charge in [0, 0.05) is 24.1 Å². The molecule has 3 rings (SSSR count). The van der Waals surface area contributed by atoms with Crippen LogP contribution in [0.25, 0.3) is 11.3 Å². The average Bonchev–Trinajstić information content (AvgIpc) is 3.16. The van der Waals surface area contributed by atoms with Crippen LogP contribution in [0.2, 0.25) is 0 Å². The lowest BCUT2D eigenvalue weighted by molar-refractivity contribution is -0.116. The van der Waals surface area contributed by atoms with Gasteiger partial charge in [0.15, 0.2) is 0 Å². The van der Waals surface area contributed by atoms with Crippen molar-refractivity contribution in [3.8, 4) is 17.1 Å². The number of carbonyl (C=O) groups is 1. The monoisotopic (exact) mass is 363 g/mol. The van der Waals surface area contributed by atoms with Crippen molar-refractivity contribution < 1.29 is 13.9 Å². The molecular formula is C23H25NO3. The van der Waals surface area contributed by atoms with Crippen LogP contribution in [0.15, 0.2) is 65.1 Å². The van der Waals surface area contributed by atoms with E-state index in [1.54, 1.807) is 7.11 Å². The van der Waals surface area contributed by atoms with Gasteiger partial charge in [-0.25, -0.2) is 0 Å². The quantitative estimate of drug-likeness (QED) is 0.590. The minimum Gasteiger partial charge on any atom is -0.497 e. The Bertz CT molecular complexity index is 877. The summed E-state index contributed by atoms with van der Waals surface area (Å²) >= 11 is 0. The van der Waals surface area contributed by atoms with Crippen LogP contribution >= 0.6 is 0 Å². The Morgan fingerprint density at radius 3 is 2.33 bits per heavy atom. The molecule has 1 N–H and O–H groups in total. The van der Waals surface area contributed by atoms with Crippen molar-refractivity contribution in [3.05, 3.63) is 72.0 Å². The first-order chi connectivity index (χ1) is 13.0. The topological polar surface area (TPSA) is 51.5 Å². The predicted octanol–water partition coefficient (Wildman–Crippen LogP) is 5.65. The van der Waals surface area contributed by atoms with Crippen LogP contribution in [-0.4, -0.2) is 13.0 Å². The number of rotatable bonds is 7. The molecule has 1 amide bonds. The zero-order valence-corrected chi connectivity index (χ0v) is 16.0. The molecule has 0 saturated heterocycles. The third kappa shape index (κ3) is 5.00. The molecule has 4 heteroatoms. The molecule has 1 heterocycles. The van der Waals surface area contributed by atoms with Crippen molar-refractivity contribution in [1.29, 1.82) is 0 Å². The van der Waals surface area contributed by atoms with E-state index in [-0.39, 0.29) is 5.91 Å². The fourth-order valence-electron chi connectivity index (χ4n) is 2.83. The first-order valence-electron chi connectivity index (χ1n) is 9.18. The highest BCUT2D eigenvalue weighted by Gasteiger charge is 2.09. The van der Waals surface area contributed by atoms with Crippen LogP contribution in [0.3, 0.4) is 0 Å². The minimum absolute atomic E-state index is 0.0188. The Kier molecular flexibility index (Phi) is 5.97. The van der Waals surface area contributed by atoms with Crippen molar-refractivity contribution in [1.82, 2.24) is 0 Å². The molecule has 2 aromatic carbocycles. The number of carbonyl (C=O) groups excluding carboxylic acids is 1. The Morgan fingerprint density at radius 1 is 1.00 bits per heavy atom. The number of furan rings is 1. The summed E-state index contributed by atoms with van der Waals surface area (Å²) in [6, 6.07) is 19.5. The standard InChI is InChI=1S/C23H25NO3/c1-16(2)17-4-8-19(9-5-17)24-23(25)15-13-21-12-14-22(27-21)18-6-10-20(26-3)11-7-18/h4-12,14,16H,13,15H2,1-3H3,(H,24,25). The Morgan fingerprint density at radius 2 is 1.70 bits per heavy atom. The van der Waals surface area contributed by atoms with E-state index in [0.717, 1.165) is 28.5 Å². The highest BCUT2D eigenvalue weighted by molar-refractivity contribution is 5.90. The number of amides is 1. The summed E-state index contributed by atoms with van der Waals surface area (Å²) in [6.45, 7) is 4.30. The summed E-state index contributed by atoms with van der Waals surface area (Å²) in [5, 5.41) is 2.93. The van der Waals surface area contributed by atoms with Crippen molar-refractivity contribution >= 4 is 11.6 Å². The van der Waals surface area contributed by atoms with E-state index in [9.17, 15) is 4.79 Å². The minimum atomic E-state index is -0.0188. The number of methoxy groups -OCH3 is 1. The van der Waals surface area contributed by atoms with Gasteiger partial charge < -0.3 is 14.5 Å². The van der Waals surface area contributed by atoms with Gasteiger partial charge in [0.05, 0.1) is 7.11 Å². The third-order valence-electron chi connectivity index (χ3n) is 4.50. The molecule has 0 spiro atoms. The van der Waals surface area contributed by atoms with Crippen LogP contribution in [0.4, 0.5) is 5.69 Å². The smallest absolute Gasteiger partial charge is 0.224 e. The molecule has 0 unspecified atom stereocenters. The Labute approximate surface area is 160 Å². The lowest BCUT2D eigenvalue weighted by atomic mass is 10.0. The van der Waals surface area contributed by atoms with Crippen LogP contribution in [-0.2, 0) is 11.2 Å². The number of anilines is 1. The maximum absolute atomic E-state index is 12.2. The van der Waals surface area contributed by atoms with Crippen molar-refractivity contribution in [2.45, 2.75) is 32.6 Å². The second kappa shape index (κ2) is 8.58. The molecule has 140 valence electrons. The number of hydrogen-bond acceptors (Lipinski definition) is 3. The average molecular weight is 363 g/mol. The van der Waals surface area contributed by atoms with Gasteiger partial charge in [-0.05, 0) is 60.0 Å². The highest BCUT2D eigenvalue weighted by atomic mass is 16.5. The van der Waals surface area contributed by atoms with Gasteiger partial charge in [0.2, 0.25) is 5.91 Å². The van der Waals surface area contributed by atoms with Gasteiger partial charge >= 0.3 is 0 Å². The summed E-state index contributed by atoms with van der Waals surface area (Å²) in [6.07, 6.45) is 0.938. The summed E-state index contributed by atoms with van der Waals surface area (Å²) in [7, 11) is 1.64. The van der Waals surface area contributed by atoms with E-state index < -0.39 is 0 Å². The summed E-state index contributed by atoms with van der Waals surface area (Å²) in [4.78, 5) is 12.2. The highest BCUT2D eigenvalue weighted by Crippen LogP contribution is 2.25. The first kappa shape index (κ1) is 18.8. The van der Waals surface area contributed by atoms with Gasteiger partial charge in [-0.15, -0.1) is 0 Å². The SMILES string of the molecule is COc1ccc(-c2ccc(CCC(=O)Nc3ccc(C(C)C)cc3)o2)cc1. The number of nitrogens with one attached hydrogen (secondary N) is 1. The van der Waals surface area contributed by atoms with Gasteiger partial charge in [-0.3, -0.25) is 4.79 Å².